The third-order valence-corrected chi connectivity index (χ3v) is 4.96. The van der Waals surface area contributed by atoms with Crippen molar-refractivity contribution in [2.24, 2.45) is 0 Å². The van der Waals surface area contributed by atoms with Gasteiger partial charge in [-0.05, 0) is 19.4 Å². The van der Waals surface area contributed by atoms with E-state index in [9.17, 15) is 0 Å². The summed E-state index contributed by atoms with van der Waals surface area (Å²) in [6, 6.07) is 0. The molecule has 0 amide bonds. The Bertz CT molecular complexity index is 184. The molecule has 0 rings (SSSR count). The molecule has 128 valence electrons. The highest BCUT2D eigenvalue weighted by atomic mass is 79.9. The first-order chi connectivity index (χ1) is 10.3. The smallest absolute Gasteiger partial charge is 0.0630 e. The predicted molar refractivity (Wildman–Crippen MR) is 101 cm³/mol. The van der Waals surface area contributed by atoms with E-state index in [1.54, 1.807) is 0 Å². The first-order valence-electron chi connectivity index (χ1n) is 9.68. The van der Waals surface area contributed by atoms with E-state index >= 15 is 0 Å². The Labute approximate surface area is 143 Å². The maximum absolute atomic E-state index is 3.70. The van der Waals surface area contributed by atoms with Crippen molar-refractivity contribution in [1.29, 1.82) is 0 Å². The van der Waals surface area contributed by atoms with Crippen LogP contribution in [0.25, 0.3) is 0 Å². The maximum atomic E-state index is 3.70. The second-order valence-corrected chi connectivity index (χ2v) is 7.56. The normalized spacial score (nSPS) is 12.7. The van der Waals surface area contributed by atoms with Gasteiger partial charge in [0, 0.05) is 0 Å². The summed E-state index contributed by atoms with van der Waals surface area (Å²) in [4.78, 5) is 0.533. The molecule has 0 spiro atoms. The molecule has 1 atom stereocenters. The zero-order chi connectivity index (χ0) is 15.6. The van der Waals surface area contributed by atoms with Gasteiger partial charge in [0.2, 0.25) is 0 Å². The molecule has 0 heterocycles. The van der Waals surface area contributed by atoms with Crippen LogP contribution in [0.4, 0.5) is 0 Å². The molecule has 2 heteroatoms. The fraction of sp³-hybridized carbons (Fsp3) is 1.00. The molecule has 0 radical (unpaired) electrons. The predicted octanol–water partition coefficient (Wildman–Crippen LogP) is 7.19. The van der Waals surface area contributed by atoms with Crippen LogP contribution in [0.5, 0.6) is 0 Å². The van der Waals surface area contributed by atoms with Gasteiger partial charge in [-0.15, -0.1) is 0 Å². The Morgan fingerprint density at radius 2 is 1.05 bits per heavy atom. The van der Waals surface area contributed by atoms with E-state index in [1.165, 1.54) is 96.3 Å². The van der Waals surface area contributed by atoms with Crippen molar-refractivity contribution in [3.8, 4) is 0 Å². The minimum Gasteiger partial charge on any atom is -0.305 e. The highest BCUT2D eigenvalue weighted by Crippen LogP contribution is 2.14. The number of nitrogens with one attached hydrogen (secondary N) is 1. The van der Waals surface area contributed by atoms with Gasteiger partial charge >= 0.3 is 0 Å². The number of unbranched alkanes of at least 4 members (excludes halogenated alkanes) is 12. The Hall–Kier alpha value is 0.440. The van der Waals surface area contributed by atoms with E-state index in [1.807, 2.05) is 0 Å². The molecular formula is C19H40BrN. The molecule has 0 aliphatic rings. The molecule has 0 aromatic rings. The average Bonchev–Trinajstić information content (AvgIpc) is 2.49. The van der Waals surface area contributed by atoms with Crippen LogP contribution >= 0.6 is 15.9 Å². The summed E-state index contributed by atoms with van der Waals surface area (Å²) >= 11 is 3.70. The van der Waals surface area contributed by atoms with Crippen molar-refractivity contribution in [2.75, 3.05) is 6.54 Å². The lowest BCUT2D eigenvalue weighted by Gasteiger charge is -2.10. The highest BCUT2D eigenvalue weighted by molar-refractivity contribution is 9.09. The van der Waals surface area contributed by atoms with Crippen LogP contribution in [-0.4, -0.2) is 11.5 Å². The van der Waals surface area contributed by atoms with Crippen molar-refractivity contribution in [1.82, 2.24) is 5.32 Å². The second kappa shape index (κ2) is 18.5. The third-order valence-electron chi connectivity index (χ3n) is 4.18. The average molecular weight is 362 g/mol. The Kier molecular flexibility index (Phi) is 18.9. The number of hydrogen-bond acceptors (Lipinski definition) is 1. The molecule has 0 fully saturated rings. The first kappa shape index (κ1) is 21.4. The summed E-state index contributed by atoms with van der Waals surface area (Å²) in [7, 11) is 0. The molecule has 0 saturated heterocycles. The molecular weight excluding hydrogens is 322 g/mol. The van der Waals surface area contributed by atoms with Crippen molar-refractivity contribution < 1.29 is 0 Å². The Balaban J connectivity index is 3.02. The molecule has 0 aliphatic heterocycles. The van der Waals surface area contributed by atoms with E-state index in [0.717, 1.165) is 6.54 Å². The lowest BCUT2D eigenvalue weighted by molar-refractivity contribution is 0.523. The maximum Gasteiger partial charge on any atom is 0.0630 e. The van der Waals surface area contributed by atoms with Gasteiger partial charge < -0.3 is 5.32 Å². The Morgan fingerprint density at radius 1 is 0.619 bits per heavy atom. The van der Waals surface area contributed by atoms with Crippen molar-refractivity contribution in [2.45, 2.75) is 115 Å². The number of rotatable bonds is 17. The summed E-state index contributed by atoms with van der Waals surface area (Å²) in [5.41, 5.74) is 0. The molecule has 0 aromatic carbocycles. The third kappa shape index (κ3) is 18.4. The highest BCUT2D eigenvalue weighted by Gasteiger charge is 2.01. The van der Waals surface area contributed by atoms with Crippen LogP contribution in [0, 0.1) is 0 Å². The van der Waals surface area contributed by atoms with Crippen LogP contribution in [0.15, 0.2) is 0 Å². The van der Waals surface area contributed by atoms with E-state index in [4.69, 9.17) is 0 Å². The van der Waals surface area contributed by atoms with Gasteiger partial charge in [-0.2, -0.15) is 0 Å². The monoisotopic (exact) mass is 361 g/mol. The number of hydrogen-bond donors (Lipinski definition) is 1. The van der Waals surface area contributed by atoms with Crippen molar-refractivity contribution in [3.05, 3.63) is 0 Å². The Morgan fingerprint density at radius 3 is 1.48 bits per heavy atom. The lowest BCUT2D eigenvalue weighted by atomic mass is 10.0. The van der Waals surface area contributed by atoms with Crippen molar-refractivity contribution >= 4 is 15.9 Å². The summed E-state index contributed by atoms with van der Waals surface area (Å²) in [6.07, 6.45) is 21.2. The second-order valence-electron chi connectivity index (χ2n) is 6.45. The zero-order valence-electron chi connectivity index (χ0n) is 14.8. The number of halogens is 1. The SMILES string of the molecule is CCCCCCCCCCCCCCCC(Br)NCCC. The standard InChI is InChI=1S/C19H40BrN/c1-3-5-6-7-8-9-10-11-12-13-14-15-16-17-19(20)21-18-4-2/h19,21H,3-18H2,1-2H3. The van der Waals surface area contributed by atoms with Gasteiger partial charge in [0.05, 0.1) is 4.95 Å². The van der Waals surface area contributed by atoms with Gasteiger partial charge in [-0.3, -0.25) is 0 Å². The molecule has 1 nitrogen and oxygen atoms in total. The minimum absolute atomic E-state index is 0.533. The number of alkyl halides is 1. The fourth-order valence-corrected chi connectivity index (χ4v) is 3.30. The topological polar surface area (TPSA) is 12.0 Å². The molecule has 0 aliphatic carbocycles. The van der Waals surface area contributed by atoms with E-state index in [0.29, 0.717) is 4.95 Å². The molecule has 0 aromatic heterocycles. The van der Waals surface area contributed by atoms with E-state index in [-0.39, 0.29) is 0 Å². The van der Waals surface area contributed by atoms with Gasteiger partial charge in [-0.1, -0.05) is 113 Å². The van der Waals surface area contributed by atoms with Crippen LogP contribution in [0.3, 0.4) is 0 Å². The zero-order valence-corrected chi connectivity index (χ0v) is 16.4. The minimum atomic E-state index is 0.533. The van der Waals surface area contributed by atoms with E-state index < -0.39 is 0 Å². The van der Waals surface area contributed by atoms with Gasteiger partial charge in [0.25, 0.3) is 0 Å². The van der Waals surface area contributed by atoms with Gasteiger partial charge in [0.1, 0.15) is 0 Å². The van der Waals surface area contributed by atoms with Crippen LogP contribution in [0.2, 0.25) is 0 Å². The van der Waals surface area contributed by atoms with E-state index in [2.05, 4.69) is 35.1 Å². The first-order valence-corrected chi connectivity index (χ1v) is 10.6. The van der Waals surface area contributed by atoms with Crippen LogP contribution in [-0.2, 0) is 0 Å². The molecule has 21 heavy (non-hydrogen) atoms. The molecule has 1 unspecified atom stereocenters. The summed E-state index contributed by atoms with van der Waals surface area (Å²) in [6.45, 7) is 5.64. The molecule has 0 saturated carbocycles. The fourth-order valence-electron chi connectivity index (χ4n) is 2.74. The quantitative estimate of drug-likeness (QED) is 0.164. The van der Waals surface area contributed by atoms with Crippen LogP contribution < -0.4 is 5.32 Å². The van der Waals surface area contributed by atoms with Gasteiger partial charge in [0.15, 0.2) is 0 Å². The van der Waals surface area contributed by atoms with Crippen molar-refractivity contribution in [3.63, 3.8) is 0 Å². The largest absolute Gasteiger partial charge is 0.305 e. The summed E-state index contributed by atoms with van der Waals surface area (Å²) < 4.78 is 0. The summed E-state index contributed by atoms with van der Waals surface area (Å²) in [5, 5.41) is 3.49. The van der Waals surface area contributed by atoms with Gasteiger partial charge in [-0.25, -0.2) is 0 Å². The molecule has 1 N–H and O–H groups in total. The summed E-state index contributed by atoms with van der Waals surface area (Å²) in [5.74, 6) is 0. The van der Waals surface area contributed by atoms with Crippen LogP contribution in [0.1, 0.15) is 110 Å². The lowest BCUT2D eigenvalue weighted by Crippen LogP contribution is -2.23. The molecule has 0 bridgehead atoms.